The molecule has 1 atom stereocenters. The monoisotopic (exact) mass is 525 g/mol. The number of aromatic nitrogens is 3. The van der Waals surface area contributed by atoms with Crippen molar-refractivity contribution in [3.8, 4) is 11.6 Å². The fourth-order valence-corrected chi connectivity index (χ4v) is 4.93. The van der Waals surface area contributed by atoms with Crippen molar-refractivity contribution < 1.29 is 14.6 Å². The lowest BCUT2D eigenvalue weighted by Crippen LogP contribution is -2.34. The smallest absolute Gasteiger partial charge is 0.341 e. The molecule has 1 aliphatic heterocycles. The molecule has 1 fully saturated rings. The molecular formula is C25H21Cl2N5O4. The van der Waals surface area contributed by atoms with Gasteiger partial charge in [0.15, 0.2) is 0 Å². The third-order valence-electron chi connectivity index (χ3n) is 6.17. The van der Waals surface area contributed by atoms with E-state index < -0.39 is 11.4 Å². The number of nitrogens with two attached hydrogens (primary N) is 1. The second-order valence-electron chi connectivity index (χ2n) is 8.40. The van der Waals surface area contributed by atoms with Gasteiger partial charge in [-0.3, -0.25) is 4.79 Å². The Bertz CT molecular complexity index is 1540. The number of aromatic carboxylic acids is 1. The number of rotatable bonds is 6. The Morgan fingerprint density at radius 2 is 2.00 bits per heavy atom. The molecule has 9 nitrogen and oxygen atoms in total. The maximum atomic E-state index is 13.0. The van der Waals surface area contributed by atoms with Crippen LogP contribution in [-0.2, 0) is 0 Å². The van der Waals surface area contributed by atoms with Gasteiger partial charge in [-0.25, -0.2) is 14.8 Å². The molecule has 3 N–H and O–H groups in total. The van der Waals surface area contributed by atoms with E-state index in [4.69, 9.17) is 33.7 Å². The van der Waals surface area contributed by atoms with Gasteiger partial charge < -0.3 is 25.0 Å². The van der Waals surface area contributed by atoms with Crippen molar-refractivity contribution in [2.75, 3.05) is 23.8 Å². The highest BCUT2D eigenvalue weighted by molar-refractivity contribution is 6.34. The number of nitrogen functional groups attached to an aromatic ring is 1. The summed E-state index contributed by atoms with van der Waals surface area (Å²) < 4.78 is 7.52. The molecule has 184 valence electrons. The largest absolute Gasteiger partial charge is 0.477 e. The number of ether oxygens (including phenoxy) is 1. The van der Waals surface area contributed by atoms with Gasteiger partial charge in [0, 0.05) is 36.6 Å². The molecule has 0 amide bonds. The number of halogens is 2. The fourth-order valence-electron chi connectivity index (χ4n) is 4.49. The standard InChI is InChI=1S/C25H21Cl2N5O4/c26-18-4-1-6-30-24(18)36-13-15-3-2-8-31(15)21-11-20-16(10-19(21)27)23(33)17(25(34)35)12-32(20)14-5-7-29-22(28)9-14/h1,4-7,9-12,15H,2-3,8,13H2,(H2,28,29)(H,34,35)/t15-/m1/s1. The Kier molecular flexibility index (Phi) is 6.42. The van der Waals surface area contributed by atoms with Gasteiger partial charge in [0.25, 0.3) is 0 Å². The number of hydrogen-bond acceptors (Lipinski definition) is 7. The molecule has 1 saturated heterocycles. The second kappa shape index (κ2) is 9.67. The van der Waals surface area contributed by atoms with E-state index >= 15 is 0 Å². The summed E-state index contributed by atoms with van der Waals surface area (Å²) in [7, 11) is 0. The molecule has 11 heteroatoms. The first-order valence-corrected chi connectivity index (χ1v) is 11.9. The zero-order chi connectivity index (χ0) is 25.4. The van der Waals surface area contributed by atoms with E-state index in [-0.39, 0.29) is 22.8 Å². The first-order valence-electron chi connectivity index (χ1n) is 11.2. The molecule has 1 aromatic carbocycles. The number of carboxylic acids is 1. The third kappa shape index (κ3) is 4.43. The van der Waals surface area contributed by atoms with E-state index in [0.29, 0.717) is 39.4 Å². The number of nitrogens with zero attached hydrogens (tertiary/aromatic N) is 4. The first-order chi connectivity index (χ1) is 17.3. The molecule has 0 radical (unpaired) electrons. The first kappa shape index (κ1) is 23.9. The lowest BCUT2D eigenvalue weighted by Gasteiger charge is -2.28. The Hall–Kier alpha value is -3.82. The highest BCUT2D eigenvalue weighted by Gasteiger charge is 2.28. The van der Waals surface area contributed by atoms with Gasteiger partial charge in [-0.15, -0.1) is 0 Å². The number of benzene rings is 1. The van der Waals surface area contributed by atoms with Gasteiger partial charge in [-0.2, -0.15) is 0 Å². The summed E-state index contributed by atoms with van der Waals surface area (Å²) in [5.74, 6) is -0.709. The number of pyridine rings is 3. The van der Waals surface area contributed by atoms with Crippen molar-refractivity contribution in [3.63, 3.8) is 0 Å². The van der Waals surface area contributed by atoms with Crippen LogP contribution in [-0.4, -0.2) is 44.8 Å². The quantitative estimate of drug-likeness (QED) is 0.379. The van der Waals surface area contributed by atoms with E-state index in [1.54, 1.807) is 41.1 Å². The van der Waals surface area contributed by atoms with E-state index in [1.807, 2.05) is 0 Å². The van der Waals surface area contributed by atoms with Gasteiger partial charge in [0.2, 0.25) is 11.3 Å². The summed E-state index contributed by atoms with van der Waals surface area (Å²) in [4.78, 5) is 35.1. The molecule has 0 aliphatic carbocycles. The molecule has 0 saturated carbocycles. The number of hydrogen-bond donors (Lipinski definition) is 2. The Labute approximate surface area is 215 Å². The summed E-state index contributed by atoms with van der Waals surface area (Å²) in [6.07, 6.45) is 6.22. The molecule has 4 aromatic rings. The number of anilines is 2. The minimum Gasteiger partial charge on any atom is -0.477 e. The lowest BCUT2D eigenvalue weighted by molar-refractivity contribution is 0.0695. The third-order valence-corrected chi connectivity index (χ3v) is 6.76. The maximum absolute atomic E-state index is 13.0. The molecule has 4 heterocycles. The van der Waals surface area contributed by atoms with Crippen molar-refractivity contribution in [1.29, 1.82) is 0 Å². The zero-order valence-electron chi connectivity index (χ0n) is 18.9. The highest BCUT2D eigenvalue weighted by Crippen LogP contribution is 2.36. The summed E-state index contributed by atoms with van der Waals surface area (Å²) in [5.41, 5.74) is 6.65. The van der Waals surface area contributed by atoms with Crippen molar-refractivity contribution >= 4 is 51.6 Å². The second-order valence-corrected chi connectivity index (χ2v) is 9.21. The summed E-state index contributed by atoms with van der Waals surface area (Å²) in [6.45, 7) is 1.07. The minimum atomic E-state index is -1.33. The SMILES string of the molecule is Nc1cc(-n2cc(C(=O)O)c(=O)c3cc(Cl)c(N4CCC[C@@H]4COc4ncccc4Cl)cc32)ccn1. The van der Waals surface area contributed by atoms with Crippen molar-refractivity contribution in [2.45, 2.75) is 18.9 Å². The Balaban J connectivity index is 1.60. The van der Waals surface area contributed by atoms with Crippen LogP contribution in [0.25, 0.3) is 16.6 Å². The molecule has 3 aromatic heterocycles. The van der Waals surface area contributed by atoms with E-state index in [1.165, 1.54) is 18.5 Å². The van der Waals surface area contributed by atoms with Gasteiger partial charge in [0.05, 0.1) is 28.0 Å². The van der Waals surface area contributed by atoms with Crippen LogP contribution in [0.15, 0.2) is 59.8 Å². The Morgan fingerprint density at radius 1 is 1.17 bits per heavy atom. The molecule has 1 aliphatic rings. The van der Waals surface area contributed by atoms with Crippen LogP contribution in [0.2, 0.25) is 10.0 Å². The summed E-state index contributed by atoms with van der Waals surface area (Å²) in [5, 5.41) is 10.6. The van der Waals surface area contributed by atoms with Crippen LogP contribution >= 0.6 is 23.2 Å². The van der Waals surface area contributed by atoms with Gasteiger partial charge in [-0.05, 0) is 43.2 Å². The molecule has 0 unspecified atom stereocenters. The van der Waals surface area contributed by atoms with E-state index in [2.05, 4.69) is 14.9 Å². The van der Waals surface area contributed by atoms with Crippen LogP contribution in [0.4, 0.5) is 11.5 Å². The van der Waals surface area contributed by atoms with Gasteiger partial charge in [0.1, 0.15) is 23.0 Å². The fraction of sp³-hybridized carbons (Fsp3) is 0.200. The topological polar surface area (TPSA) is 124 Å². The van der Waals surface area contributed by atoms with Crippen LogP contribution in [0, 0.1) is 0 Å². The van der Waals surface area contributed by atoms with Crippen LogP contribution < -0.4 is 20.8 Å². The number of fused-ring (bicyclic) bond motifs is 1. The average Bonchev–Trinajstić information content (AvgIpc) is 3.32. The van der Waals surface area contributed by atoms with Gasteiger partial charge in [-0.1, -0.05) is 23.2 Å². The van der Waals surface area contributed by atoms with Crippen molar-refractivity contribution in [1.82, 2.24) is 14.5 Å². The average molecular weight is 526 g/mol. The minimum absolute atomic E-state index is 0.00643. The molecule has 0 spiro atoms. The number of carboxylic acid groups (broad SMARTS) is 1. The molecule has 5 rings (SSSR count). The van der Waals surface area contributed by atoms with Crippen LogP contribution in [0.3, 0.4) is 0 Å². The van der Waals surface area contributed by atoms with Crippen molar-refractivity contribution in [3.05, 3.63) is 80.8 Å². The Morgan fingerprint density at radius 3 is 2.75 bits per heavy atom. The lowest BCUT2D eigenvalue weighted by atomic mass is 10.1. The maximum Gasteiger partial charge on any atom is 0.341 e. The van der Waals surface area contributed by atoms with Crippen LogP contribution in [0.5, 0.6) is 5.88 Å². The van der Waals surface area contributed by atoms with Crippen molar-refractivity contribution in [2.24, 2.45) is 0 Å². The van der Waals surface area contributed by atoms with E-state index in [0.717, 1.165) is 19.4 Å². The molecular weight excluding hydrogens is 505 g/mol. The number of carbonyl (C=O) groups is 1. The predicted octanol–water partition coefficient (Wildman–Crippen LogP) is 4.42. The zero-order valence-corrected chi connectivity index (χ0v) is 20.4. The summed E-state index contributed by atoms with van der Waals surface area (Å²) >= 11 is 12.9. The van der Waals surface area contributed by atoms with E-state index in [9.17, 15) is 14.7 Å². The molecule has 36 heavy (non-hydrogen) atoms. The van der Waals surface area contributed by atoms with Crippen LogP contribution in [0.1, 0.15) is 23.2 Å². The normalized spacial score (nSPS) is 15.4. The summed E-state index contributed by atoms with van der Waals surface area (Å²) in [6, 6.07) is 10.1. The predicted molar refractivity (Wildman–Crippen MR) is 139 cm³/mol. The highest BCUT2D eigenvalue weighted by atomic mass is 35.5. The van der Waals surface area contributed by atoms with Gasteiger partial charge >= 0.3 is 5.97 Å². The molecule has 0 bridgehead atoms.